The van der Waals surface area contributed by atoms with Gasteiger partial charge in [-0.2, -0.15) is 0 Å². The Morgan fingerprint density at radius 2 is 2.00 bits per heavy atom. The predicted molar refractivity (Wildman–Crippen MR) is 78.3 cm³/mol. The van der Waals surface area contributed by atoms with Crippen LogP contribution in [0.2, 0.25) is 0 Å². The zero-order chi connectivity index (χ0) is 15.8. The van der Waals surface area contributed by atoms with E-state index in [1.54, 1.807) is 6.92 Å². The van der Waals surface area contributed by atoms with Crippen molar-refractivity contribution in [3.63, 3.8) is 0 Å². The number of nitro benzene ring substituents is 1. The number of sulfonamides is 1. The molecule has 0 unspecified atom stereocenters. The molecule has 2 aromatic rings. The van der Waals surface area contributed by atoms with Gasteiger partial charge in [0.15, 0.2) is 4.21 Å². The highest BCUT2D eigenvalue weighted by Crippen LogP contribution is 2.28. The highest BCUT2D eigenvalue weighted by atomic mass is 32.2. The van der Waals surface area contributed by atoms with Crippen LogP contribution in [0, 0.1) is 24.0 Å². The van der Waals surface area contributed by atoms with Crippen molar-refractivity contribution in [2.75, 3.05) is 4.72 Å². The molecule has 0 aliphatic heterocycles. The number of benzene rings is 1. The number of aryl methyl sites for hydroxylation is 2. The third-order valence-corrected chi connectivity index (χ3v) is 5.59. The third kappa shape index (κ3) is 3.11. The van der Waals surface area contributed by atoms with Crippen LogP contribution in [0.15, 0.2) is 27.2 Å². The zero-order valence-electron chi connectivity index (χ0n) is 11.0. The second-order valence-corrected chi connectivity index (χ2v) is 7.17. The number of nitrogens with one attached hydrogen (secondary N) is 2. The van der Waals surface area contributed by atoms with Gasteiger partial charge in [-0.25, -0.2) is 8.42 Å². The van der Waals surface area contributed by atoms with Crippen molar-refractivity contribution >= 4 is 32.7 Å². The van der Waals surface area contributed by atoms with Crippen molar-refractivity contribution in [3.8, 4) is 0 Å². The summed E-state index contributed by atoms with van der Waals surface area (Å²) in [4.78, 5) is 23.3. The fraction of sp³-hybridized carbons (Fsp3) is 0.182. The number of nitrogens with zero attached hydrogens (tertiary/aromatic N) is 1. The van der Waals surface area contributed by atoms with Gasteiger partial charge in [0.05, 0.1) is 4.92 Å². The molecule has 0 saturated carbocycles. The van der Waals surface area contributed by atoms with Gasteiger partial charge in [-0.15, -0.1) is 0 Å². The van der Waals surface area contributed by atoms with Gasteiger partial charge in [-0.1, -0.05) is 17.4 Å². The quantitative estimate of drug-likeness (QED) is 0.653. The van der Waals surface area contributed by atoms with E-state index in [1.165, 1.54) is 25.1 Å². The fourth-order valence-electron chi connectivity index (χ4n) is 1.73. The number of hydrogen-bond donors (Lipinski definition) is 2. The van der Waals surface area contributed by atoms with E-state index in [0.29, 0.717) is 16.9 Å². The number of rotatable bonds is 4. The van der Waals surface area contributed by atoms with Crippen LogP contribution in [0.5, 0.6) is 0 Å². The molecule has 0 aliphatic carbocycles. The zero-order valence-corrected chi connectivity index (χ0v) is 12.7. The number of aromatic nitrogens is 1. The number of hydrogen-bond acceptors (Lipinski definition) is 6. The van der Waals surface area contributed by atoms with Crippen LogP contribution in [-0.4, -0.2) is 18.3 Å². The van der Waals surface area contributed by atoms with Crippen LogP contribution in [0.4, 0.5) is 11.4 Å². The summed E-state index contributed by atoms with van der Waals surface area (Å²) in [6.45, 7) is 3.12. The van der Waals surface area contributed by atoms with Crippen molar-refractivity contribution in [1.29, 1.82) is 0 Å². The molecule has 1 heterocycles. The Bertz CT molecular complexity index is 866. The van der Waals surface area contributed by atoms with E-state index in [2.05, 4.69) is 9.71 Å². The molecule has 0 spiro atoms. The first kappa shape index (κ1) is 15.2. The van der Waals surface area contributed by atoms with Crippen molar-refractivity contribution < 1.29 is 13.3 Å². The largest absolute Gasteiger partial charge is 0.315 e. The van der Waals surface area contributed by atoms with E-state index < -0.39 is 19.8 Å². The second kappa shape index (κ2) is 5.30. The molecule has 1 aromatic carbocycles. The van der Waals surface area contributed by atoms with Gasteiger partial charge in [-0.05, 0) is 25.5 Å². The molecular weight excluding hydrogens is 318 g/mol. The first-order chi connectivity index (χ1) is 9.70. The smallest absolute Gasteiger partial charge is 0.306 e. The first-order valence-electron chi connectivity index (χ1n) is 5.68. The standard InChI is InChI=1S/C11H11N3O5S2/c1-6-3-4-9(14(16)17)8(5-6)13-21(18,19)10-7(2)12-11(15)20-10/h3-5,13H,1-2H3,(H,12,15). The summed E-state index contributed by atoms with van der Waals surface area (Å²) in [6.07, 6.45) is 0. The molecule has 0 atom stereocenters. The summed E-state index contributed by atoms with van der Waals surface area (Å²) in [5.74, 6) is 0. The summed E-state index contributed by atoms with van der Waals surface area (Å²) in [7, 11) is -4.06. The fourth-order valence-corrected chi connectivity index (χ4v) is 4.10. The van der Waals surface area contributed by atoms with Gasteiger partial charge in [0, 0.05) is 11.8 Å². The molecule has 2 rings (SSSR count). The van der Waals surface area contributed by atoms with Crippen LogP contribution in [0.1, 0.15) is 11.3 Å². The summed E-state index contributed by atoms with van der Waals surface area (Å²) in [6, 6.07) is 4.09. The third-order valence-electron chi connectivity index (χ3n) is 2.62. The van der Waals surface area contributed by atoms with Gasteiger partial charge >= 0.3 is 4.87 Å². The number of nitro groups is 1. The number of aromatic amines is 1. The topological polar surface area (TPSA) is 122 Å². The van der Waals surface area contributed by atoms with Gasteiger partial charge < -0.3 is 4.98 Å². The van der Waals surface area contributed by atoms with Crippen molar-refractivity contribution in [1.82, 2.24) is 4.98 Å². The number of H-pyrrole nitrogens is 1. The van der Waals surface area contributed by atoms with Crippen molar-refractivity contribution in [3.05, 3.63) is 49.2 Å². The monoisotopic (exact) mass is 329 g/mol. The van der Waals surface area contributed by atoms with E-state index in [4.69, 9.17) is 0 Å². The van der Waals surface area contributed by atoms with Crippen LogP contribution < -0.4 is 9.60 Å². The summed E-state index contributed by atoms with van der Waals surface area (Å²) in [5.41, 5.74) is 0.357. The molecule has 2 N–H and O–H groups in total. The van der Waals surface area contributed by atoms with E-state index in [-0.39, 0.29) is 21.3 Å². The Morgan fingerprint density at radius 3 is 2.52 bits per heavy atom. The van der Waals surface area contributed by atoms with Crippen LogP contribution in [-0.2, 0) is 10.0 Å². The SMILES string of the molecule is Cc1ccc([N+](=O)[O-])c(NS(=O)(=O)c2sc(=O)[nH]c2C)c1. The summed E-state index contributed by atoms with van der Waals surface area (Å²) >= 11 is 0.528. The van der Waals surface area contributed by atoms with E-state index in [1.807, 2.05) is 0 Å². The lowest BCUT2D eigenvalue weighted by molar-refractivity contribution is -0.383. The maximum atomic E-state index is 12.2. The van der Waals surface area contributed by atoms with Gasteiger partial charge in [-0.3, -0.25) is 19.6 Å². The van der Waals surface area contributed by atoms with Gasteiger partial charge in [0.1, 0.15) is 5.69 Å². The number of thiazole rings is 1. The summed E-state index contributed by atoms with van der Waals surface area (Å²) < 4.78 is 26.4. The van der Waals surface area contributed by atoms with E-state index in [9.17, 15) is 23.3 Å². The maximum absolute atomic E-state index is 12.2. The van der Waals surface area contributed by atoms with Crippen LogP contribution in [0.25, 0.3) is 0 Å². The average molecular weight is 329 g/mol. The maximum Gasteiger partial charge on any atom is 0.306 e. The predicted octanol–water partition coefficient (Wildman–Crippen LogP) is 1.76. The summed E-state index contributed by atoms with van der Waals surface area (Å²) in [5, 5.41) is 10.9. The second-order valence-electron chi connectivity index (χ2n) is 4.31. The van der Waals surface area contributed by atoms with Gasteiger partial charge in [0.25, 0.3) is 15.7 Å². The molecule has 0 saturated heterocycles. The highest BCUT2D eigenvalue weighted by molar-refractivity contribution is 7.94. The van der Waals surface area contributed by atoms with Crippen LogP contribution >= 0.6 is 11.3 Å². The van der Waals surface area contributed by atoms with E-state index >= 15 is 0 Å². The molecule has 112 valence electrons. The lowest BCUT2D eigenvalue weighted by Crippen LogP contribution is -2.14. The molecule has 0 aliphatic rings. The normalized spacial score (nSPS) is 11.3. The molecule has 0 bridgehead atoms. The molecule has 0 fully saturated rings. The minimum atomic E-state index is -4.06. The Hall–Kier alpha value is -2.20. The van der Waals surface area contributed by atoms with E-state index in [0.717, 1.165) is 0 Å². The molecule has 8 nitrogen and oxygen atoms in total. The average Bonchev–Trinajstić information content (AvgIpc) is 2.68. The van der Waals surface area contributed by atoms with Crippen molar-refractivity contribution in [2.24, 2.45) is 0 Å². The lowest BCUT2D eigenvalue weighted by Gasteiger charge is -2.08. The lowest BCUT2D eigenvalue weighted by atomic mass is 10.2. The van der Waals surface area contributed by atoms with Crippen molar-refractivity contribution in [2.45, 2.75) is 18.1 Å². The Kier molecular flexibility index (Phi) is 3.83. The van der Waals surface area contributed by atoms with Crippen LogP contribution in [0.3, 0.4) is 0 Å². The first-order valence-corrected chi connectivity index (χ1v) is 7.98. The molecule has 0 radical (unpaired) electrons. The van der Waals surface area contributed by atoms with Gasteiger partial charge in [0.2, 0.25) is 0 Å². The Balaban J connectivity index is 2.51. The molecule has 21 heavy (non-hydrogen) atoms. The molecule has 10 heteroatoms. The Morgan fingerprint density at radius 1 is 1.33 bits per heavy atom. The molecular formula is C11H11N3O5S2. The highest BCUT2D eigenvalue weighted by Gasteiger charge is 2.24. The Labute approximate surface area is 123 Å². The molecule has 0 amide bonds. The minimum absolute atomic E-state index is 0.139. The molecule has 1 aromatic heterocycles. The minimum Gasteiger partial charge on any atom is -0.315 e. The number of anilines is 1.